The highest BCUT2D eigenvalue weighted by molar-refractivity contribution is 5.67. The van der Waals surface area contributed by atoms with Crippen molar-refractivity contribution < 1.29 is 9.53 Å². The minimum Gasteiger partial charge on any atom is -0.453 e. The fourth-order valence-corrected chi connectivity index (χ4v) is 1.77. The lowest BCUT2D eigenvalue weighted by molar-refractivity contribution is 0.160. The van der Waals surface area contributed by atoms with Gasteiger partial charge < -0.3 is 15.8 Å². The van der Waals surface area contributed by atoms with Gasteiger partial charge in [-0.25, -0.2) is 4.79 Å². The van der Waals surface area contributed by atoms with E-state index in [2.05, 4.69) is 10.1 Å². The molecule has 3 N–H and O–H groups in total. The van der Waals surface area contributed by atoms with Gasteiger partial charge in [-0.3, -0.25) is 0 Å². The van der Waals surface area contributed by atoms with Crippen molar-refractivity contribution in [3.05, 3.63) is 0 Å². The van der Waals surface area contributed by atoms with E-state index in [-0.39, 0.29) is 12.1 Å². The van der Waals surface area contributed by atoms with Crippen LogP contribution in [-0.2, 0) is 4.74 Å². The van der Waals surface area contributed by atoms with E-state index in [1.807, 2.05) is 0 Å². The quantitative estimate of drug-likeness (QED) is 0.672. The summed E-state index contributed by atoms with van der Waals surface area (Å²) in [7, 11) is 1.39. The van der Waals surface area contributed by atoms with E-state index in [4.69, 9.17) is 5.73 Å². The highest BCUT2D eigenvalue weighted by Crippen LogP contribution is 2.23. The number of carbonyl (C=O) groups excluding carboxylic acids is 1. The van der Waals surface area contributed by atoms with E-state index in [0.717, 1.165) is 32.2 Å². The molecule has 4 nitrogen and oxygen atoms in total. The minimum atomic E-state index is -0.323. The van der Waals surface area contributed by atoms with Crippen LogP contribution in [0.15, 0.2) is 0 Å². The van der Waals surface area contributed by atoms with Crippen LogP contribution in [-0.4, -0.2) is 25.8 Å². The number of rotatable bonds is 2. The molecule has 0 bridgehead atoms. The topological polar surface area (TPSA) is 64.3 Å². The van der Waals surface area contributed by atoms with Gasteiger partial charge in [0.1, 0.15) is 0 Å². The Labute approximate surface area is 78.8 Å². The molecule has 1 amide bonds. The van der Waals surface area contributed by atoms with Crippen LogP contribution in [0.25, 0.3) is 0 Å². The van der Waals surface area contributed by atoms with Crippen molar-refractivity contribution in [1.82, 2.24) is 5.32 Å². The normalized spacial score (nSPS) is 28.2. The first-order chi connectivity index (χ1) is 6.26. The Morgan fingerprint density at radius 1 is 1.46 bits per heavy atom. The third-order valence-electron chi connectivity index (χ3n) is 2.69. The number of hydrogen-bond acceptors (Lipinski definition) is 3. The maximum atomic E-state index is 10.9. The predicted molar refractivity (Wildman–Crippen MR) is 50.3 cm³/mol. The molecule has 13 heavy (non-hydrogen) atoms. The summed E-state index contributed by atoms with van der Waals surface area (Å²) in [6.07, 6.45) is 3.96. The minimum absolute atomic E-state index is 0.287. The molecule has 0 aromatic rings. The van der Waals surface area contributed by atoms with E-state index in [1.54, 1.807) is 0 Å². The van der Waals surface area contributed by atoms with E-state index in [9.17, 15) is 4.79 Å². The second-order valence-corrected chi connectivity index (χ2v) is 3.59. The van der Waals surface area contributed by atoms with E-state index < -0.39 is 0 Å². The van der Waals surface area contributed by atoms with Crippen LogP contribution >= 0.6 is 0 Å². The summed E-state index contributed by atoms with van der Waals surface area (Å²) < 4.78 is 4.53. The summed E-state index contributed by atoms with van der Waals surface area (Å²) in [5.41, 5.74) is 5.56. The zero-order chi connectivity index (χ0) is 9.68. The van der Waals surface area contributed by atoms with Gasteiger partial charge in [0.2, 0.25) is 0 Å². The molecule has 0 heterocycles. The fraction of sp³-hybridized carbons (Fsp3) is 0.889. The molecule has 76 valence electrons. The second kappa shape index (κ2) is 5.07. The number of hydrogen-bond donors (Lipinski definition) is 2. The van der Waals surface area contributed by atoms with Crippen molar-refractivity contribution in [2.75, 3.05) is 13.7 Å². The van der Waals surface area contributed by atoms with Crippen molar-refractivity contribution >= 4 is 6.09 Å². The van der Waals surface area contributed by atoms with Crippen molar-refractivity contribution in [3.63, 3.8) is 0 Å². The first-order valence-corrected chi connectivity index (χ1v) is 4.80. The molecule has 0 radical (unpaired) electrons. The molecule has 1 fully saturated rings. The van der Waals surface area contributed by atoms with Gasteiger partial charge >= 0.3 is 6.09 Å². The molecule has 0 aromatic carbocycles. The standard InChI is InChI=1S/C9H18N2O2/c1-13-9(12)11-8-4-2-7(6-10)3-5-8/h7-8H,2-6,10H2,1H3,(H,11,12). The zero-order valence-corrected chi connectivity index (χ0v) is 8.08. The van der Waals surface area contributed by atoms with Gasteiger partial charge in [0.15, 0.2) is 0 Å². The predicted octanol–water partition coefficient (Wildman–Crippen LogP) is 0.860. The zero-order valence-electron chi connectivity index (χ0n) is 8.08. The van der Waals surface area contributed by atoms with Crippen LogP contribution in [0.2, 0.25) is 0 Å². The molecule has 0 atom stereocenters. The summed E-state index contributed by atoms with van der Waals surface area (Å²) in [5.74, 6) is 0.649. The summed E-state index contributed by atoms with van der Waals surface area (Å²) in [6, 6.07) is 0.287. The van der Waals surface area contributed by atoms with Crippen molar-refractivity contribution in [1.29, 1.82) is 0 Å². The first kappa shape index (κ1) is 10.3. The number of methoxy groups -OCH3 is 1. The molecule has 1 rings (SSSR count). The smallest absolute Gasteiger partial charge is 0.407 e. The van der Waals surface area contributed by atoms with Crippen LogP contribution < -0.4 is 11.1 Å². The molecule has 1 aliphatic carbocycles. The van der Waals surface area contributed by atoms with Gasteiger partial charge in [0.25, 0.3) is 0 Å². The maximum Gasteiger partial charge on any atom is 0.407 e. The Morgan fingerprint density at radius 3 is 2.54 bits per heavy atom. The molecule has 1 saturated carbocycles. The summed E-state index contributed by atoms with van der Waals surface area (Å²) in [4.78, 5) is 10.9. The average Bonchev–Trinajstić information content (AvgIpc) is 2.19. The molecule has 4 heteroatoms. The van der Waals surface area contributed by atoms with Crippen LogP contribution in [0.5, 0.6) is 0 Å². The molecule has 0 spiro atoms. The summed E-state index contributed by atoms with van der Waals surface area (Å²) in [6.45, 7) is 0.769. The SMILES string of the molecule is COC(=O)NC1CCC(CN)CC1. The van der Waals surface area contributed by atoms with Crippen molar-refractivity contribution in [2.45, 2.75) is 31.7 Å². The van der Waals surface area contributed by atoms with Crippen LogP contribution in [0.4, 0.5) is 4.79 Å². The van der Waals surface area contributed by atoms with Crippen LogP contribution in [0.1, 0.15) is 25.7 Å². The van der Waals surface area contributed by atoms with Gasteiger partial charge in [-0.05, 0) is 38.1 Å². The Kier molecular flexibility index (Phi) is 4.02. The Balaban J connectivity index is 2.21. The van der Waals surface area contributed by atoms with E-state index in [1.165, 1.54) is 7.11 Å². The molecule has 0 saturated heterocycles. The van der Waals surface area contributed by atoms with Crippen LogP contribution in [0.3, 0.4) is 0 Å². The highest BCUT2D eigenvalue weighted by Gasteiger charge is 2.21. The number of nitrogens with two attached hydrogens (primary N) is 1. The number of amides is 1. The van der Waals surface area contributed by atoms with Gasteiger partial charge in [-0.15, -0.1) is 0 Å². The molecular weight excluding hydrogens is 168 g/mol. The van der Waals surface area contributed by atoms with Gasteiger partial charge in [0, 0.05) is 6.04 Å². The lowest BCUT2D eigenvalue weighted by Crippen LogP contribution is -2.38. The largest absolute Gasteiger partial charge is 0.453 e. The van der Waals surface area contributed by atoms with E-state index >= 15 is 0 Å². The van der Waals surface area contributed by atoms with Crippen molar-refractivity contribution in [3.8, 4) is 0 Å². The number of nitrogens with one attached hydrogen (secondary N) is 1. The molecule has 0 aromatic heterocycles. The number of alkyl carbamates (subject to hydrolysis) is 1. The summed E-state index contributed by atoms with van der Waals surface area (Å²) in [5, 5.41) is 2.81. The van der Waals surface area contributed by atoms with Gasteiger partial charge in [0.05, 0.1) is 7.11 Å². The van der Waals surface area contributed by atoms with Crippen molar-refractivity contribution in [2.24, 2.45) is 11.7 Å². The Morgan fingerprint density at radius 2 is 2.08 bits per heavy atom. The Hall–Kier alpha value is -0.770. The number of carbonyl (C=O) groups is 1. The lowest BCUT2D eigenvalue weighted by atomic mass is 9.86. The molecule has 1 aliphatic rings. The molecule has 0 aliphatic heterocycles. The third-order valence-corrected chi connectivity index (χ3v) is 2.69. The lowest BCUT2D eigenvalue weighted by Gasteiger charge is -2.27. The Bertz CT molecular complexity index is 165. The number of ether oxygens (including phenoxy) is 1. The molecular formula is C9H18N2O2. The average molecular weight is 186 g/mol. The monoisotopic (exact) mass is 186 g/mol. The maximum absolute atomic E-state index is 10.9. The third kappa shape index (κ3) is 3.22. The van der Waals surface area contributed by atoms with E-state index in [0.29, 0.717) is 5.92 Å². The van der Waals surface area contributed by atoms with Gasteiger partial charge in [-0.1, -0.05) is 0 Å². The first-order valence-electron chi connectivity index (χ1n) is 4.80. The van der Waals surface area contributed by atoms with Gasteiger partial charge in [-0.2, -0.15) is 0 Å². The fourth-order valence-electron chi connectivity index (χ4n) is 1.77. The summed E-state index contributed by atoms with van der Waals surface area (Å²) >= 11 is 0. The van der Waals surface area contributed by atoms with Crippen LogP contribution in [0, 0.1) is 5.92 Å². The molecule has 0 unspecified atom stereocenters. The second-order valence-electron chi connectivity index (χ2n) is 3.59. The highest BCUT2D eigenvalue weighted by atomic mass is 16.5.